The minimum Gasteiger partial charge on any atom is -0.378 e. The SMILES string of the molecule is CN(C)c1ccc(C(F)(F)F)c(CON)c1. The van der Waals surface area contributed by atoms with Crippen LogP contribution in [0.2, 0.25) is 0 Å². The monoisotopic (exact) mass is 234 g/mol. The number of benzene rings is 1. The number of rotatable bonds is 3. The van der Waals surface area contributed by atoms with Crippen LogP contribution in [0.4, 0.5) is 18.9 Å². The molecule has 0 aliphatic rings. The van der Waals surface area contributed by atoms with Gasteiger partial charge in [-0.05, 0) is 23.8 Å². The predicted molar refractivity (Wildman–Crippen MR) is 54.7 cm³/mol. The number of hydrogen-bond acceptors (Lipinski definition) is 3. The molecule has 90 valence electrons. The van der Waals surface area contributed by atoms with E-state index in [0.29, 0.717) is 5.69 Å². The third-order valence-electron chi connectivity index (χ3n) is 2.15. The van der Waals surface area contributed by atoms with E-state index >= 15 is 0 Å². The van der Waals surface area contributed by atoms with E-state index in [1.807, 2.05) is 0 Å². The first-order valence-electron chi connectivity index (χ1n) is 4.55. The first-order chi connectivity index (χ1) is 7.36. The Bertz CT molecular complexity index is 364. The fourth-order valence-electron chi connectivity index (χ4n) is 1.34. The number of anilines is 1. The lowest BCUT2D eigenvalue weighted by Crippen LogP contribution is -2.14. The molecule has 6 heteroatoms. The van der Waals surface area contributed by atoms with E-state index in [9.17, 15) is 13.2 Å². The van der Waals surface area contributed by atoms with Crippen LogP contribution in [0.25, 0.3) is 0 Å². The molecule has 0 aromatic heterocycles. The van der Waals surface area contributed by atoms with E-state index in [0.717, 1.165) is 6.07 Å². The lowest BCUT2D eigenvalue weighted by atomic mass is 10.1. The van der Waals surface area contributed by atoms with Crippen molar-refractivity contribution in [1.29, 1.82) is 0 Å². The molecule has 1 rings (SSSR count). The summed E-state index contributed by atoms with van der Waals surface area (Å²) in [7, 11) is 3.49. The number of hydrogen-bond donors (Lipinski definition) is 1. The summed E-state index contributed by atoms with van der Waals surface area (Å²) in [6.07, 6.45) is -4.39. The normalized spacial score (nSPS) is 11.6. The van der Waals surface area contributed by atoms with E-state index in [2.05, 4.69) is 4.84 Å². The largest absolute Gasteiger partial charge is 0.416 e. The minimum absolute atomic E-state index is 0.0289. The van der Waals surface area contributed by atoms with Crippen LogP contribution in [0.1, 0.15) is 11.1 Å². The van der Waals surface area contributed by atoms with E-state index in [-0.39, 0.29) is 12.2 Å². The van der Waals surface area contributed by atoms with Crippen LogP contribution in [-0.4, -0.2) is 14.1 Å². The average Bonchev–Trinajstić information content (AvgIpc) is 2.16. The molecular weight excluding hydrogens is 221 g/mol. The molecule has 0 saturated heterocycles. The third-order valence-corrected chi connectivity index (χ3v) is 2.15. The molecule has 0 aliphatic carbocycles. The van der Waals surface area contributed by atoms with Gasteiger partial charge in [0.1, 0.15) is 0 Å². The van der Waals surface area contributed by atoms with Gasteiger partial charge >= 0.3 is 6.18 Å². The molecule has 1 aromatic rings. The second kappa shape index (κ2) is 4.71. The zero-order valence-corrected chi connectivity index (χ0v) is 9.01. The summed E-state index contributed by atoms with van der Waals surface area (Å²) >= 11 is 0. The smallest absolute Gasteiger partial charge is 0.378 e. The first kappa shape index (κ1) is 12.8. The van der Waals surface area contributed by atoms with Crippen molar-refractivity contribution in [3.8, 4) is 0 Å². The Balaban J connectivity index is 3.19. The van der Waals surface area contributed by atoms with E-state index < -0.39 is 11.7 Å². The first-order valence-corrected chi connectivity index (χ1v) is 4.55. The number of nitrogens with zero attached hydrogens (tertiary/aromatic N) is 1. The van der Waals surface area contributed by atoms with Gasteiger partial charge in [-0.3, -0.25) is 4.84 Å². The van der Waals surface area contributed by atoms with Crippen LogP contribution in [0.5, 0.6) is 0 Å². The Labute approximate surface area is 91.6 Å². The number of halogens is 3. The molecule has 0 radical (unpaired) electrons. The Morgan fingerprint density at radius 1 is 1.31 bits per heavy atom. The van der Waals surface area contributed by atoms with Gasteiger partial charge in [-0.1, -0.05) is 0 Å². The second-order valence-electron chi connectivity index (χ2n) is 3.54. The van der Waals surface area contributed by atoms with Crippen LogP contribution in [0.15, 0.2) is 18.2 Å². The van der Waals surface area contributed by atoms with Crippen molar-refractivity contribution in [3.63, 3.8) is 0 Å². The second-order valence-corrected chi connectivity index (χ2v) is 3.54. The van der Waals surface area contributed by atoms with Crippen molar-refractivity contribution >= 4 is 5.69 Å². The summed E-state index contributed by atoms with van der Waals surface area (Å²) in [6, 6.07) is 3.85. The molecule has 1 aromatic carbocycles. The van der Waals surface area contributed by atoms with Crippen molar-refractivity contribution in [1.82, 2.24) is 0 Å². The maximum absolute atomic E-state index is 12.6. The van der Waals surface area contributed by atoms with Crippen molar-refractivity contribution < 1.29 is 18.0 Å². The summed E-state index contributed by atoms with van der Waals surface area (Å²) in [6.45, 7) is -0.267. The zero-order valence-electron chi connectivity index (χ0n) is 9.01. The summed E-state index contributed by atoms with van der Waals surface area (Å²) in [5.41, 5.74) is -0.0233. The van der Waals surface area contributed by atoms with Crippen LogP contribution in [0, 0.1) is 0 Å². The molecule has 16 heavy (non-hydrogen) atoms. The Hall–Kier alpha value is -1.27. The van der Waals surface area contributed by atoms with Crippen molar-refractivity contribution in [2.45, 2.75) is 12.8 Å². The predicted octanol–water partition coefficient (Wildman–Crippen LogP) is 2.16. The highest BCUT2D eigenvalue weighted by molar-refractivity contribution is 5.50. The summed E-state index contributed by atoms with van der Waals surface area (Å²) < 4.78 is 37.8. The van der Waals surface area contributed by atoms with E-state index in [1.165, 1.54) is 12.1 Å². The molecule has 0 saturated carbocycles. The zero-order chi connectivity index (χ0) is 12.3. The molecule has 0 spiro atoms. The van der Waals surface area contributed by atoms with Gasteiger partial charge in [0.25, 0.3) is 0 Å². The van der Waals surface area contributed by atoms with Crippen molar-refractivity contribution in [3.05, 3.63) is 29.3 Å². The van der Waals surface area contributed by atoms with Gasteiger partial charge in [-0.15, -0.1) is 0 Å². The maximum Gasteiger partial charge on any atom is 0.416 e. The standard InChI is InChI=1S/C10H13F3N2O/c1-15(2)8-3-4-9(10(11,12)13)7(5-8)6-16-14/h3-5H,6,14H2,1-2H3. The minimum atomic E-state index is -4.39. The highest BCUT2D eigenvalue weighted by Gasteiger charge is 2.33. The highest BCUT2D eigenvalue weighted by atomic mass is 19.4. The van der Waals surface area contributed by atoms with Gasteiger partial charge in [0.05, 0.1) is 12.2 Å². The van der Waals surface area contributed by atoms with Gasteiger partial charge in [0.15, 0.2) is 0 Å². The number of alkyl halides is 3. The Morgan fingerprint density at radius 3 is 2.38 bits per heavy atom. The molecule has 0 heterocycles. The van der Waals surface area contributed by atoms with Crippen LogP contribution >= 0.6 is 0 Å². The molecule has 3 nitrogen and oxygen atoms in total. The Kier molecular flexibility index (Phi) is 3.77. The van der Waals surface area contributed by atoms with E-state index in [1.54, 1.807) is 19.0 Å². The molecule has 0 aliphatic heterocycles. The number of nitrogens with two attached hydrogens (primary N) is 1. The molecule has 0 atom stereocenters. The van der Waals surface area contributed by atoms with Crippen molar-refractivity contribution in [2.75, 3.05) is 19.0 Å². The topological polar surface area (TPSA) is 38.5 Å². The lowest BCUT2D eigenvalue weighted by Gasteiger charge is -2.17. The van der Waals surface area contributed by atoms with Gasteiger partial charge in [0.2, 0.25) is 0 Å². The molecular formula is C10H13F3N2O. The summed E-state index contributed by atoms with van der Waals surface area (Å²) in [5.74, 6) is 4.82. The fourth-order valence-corrected chi connectivity index (χ4v) is 1.34. The maximum atomic E-state index is 12.6. The lowest BCUT2D eigenvalue weighted by molar-refractivity contribution is -0.138. The van der Waals surface area contributed by atoms with Crippen LogP contribution < -0.4 is 10.8 Å². The molecule has 0 amide bonds. The Morgan fingerprint density at radius 2 is 1.94 bits per heavy atom. The summed E-state index contributed by atoms with van der Waals surface area (Å²) in [4.78, 5) is 5.99. The molecule has 0 unspecified atom stereocenters. The summed E-state index contributed by atoms with van der Waals surface area (Å²) in [5, 5.41) is 0. The van der Waals surface area contributed by atoms with E-state index in [4.69, 9.17) is 5.90 Å². The van der Waals surface area contributed by atoms with Gasteiger partial charge in [0, 0.05) is 19.8 Å². The van der Waals surface area contributed by atoms with Gasteiger partial charge < -0.3 is 4.90 Å². The highest BCUT2D eigenvalue weighted by Crippen LogP contribution is 2.33. The van der Waals surface area contributed by atoms with Gasteiger partial charge in [-0.25, -0.2) is 5.90 Å². The molecule has 0 bridgehead atoms. The van der Waals surface area contributed by atoms with Crippen LogP contribution in [0.3, 0.4) is 0 Å². The quantitative estimate of drug-likeness (QED) is 0.814. The molecule has 0 fully saturated rings. The third kappa shape index (κ3) is 2.86. The van der Waals surface area contributed by atoms with Gasteiger partial charge in [-0.2, -0.15) is 13.2 Å². The fraction of sp³-hybridized carbons (Fsp3) is 0.400. The van der Waals surface area contributed by atoms with Crippen LogP contribution in [-0.2, 0) is 17.6 Å². The van der Waals surface area contributed by atoms with Crippen molar-refractivity contribution in [2.24, 2.45) is 5.90 Å². The molecule has 2 N–H and O–H groups in total. The average molecular weight is 234 g/mol.